The molecule has 2 aromatic carbocycles. The average molecular weight is 384 g/mol. The Morgan fingerprint density at radius 1 is 1.00 bits per heavy atom. The largest absolute Gasteiger partial charge is 0.242 e. The monoisotopic (exact) mass is 383 g/mol. The standard InChI is InChI=1S/C18H19Cl2NO2S/c1-12(14-7-6-13-4-2-3-5-15(13)10-14)21-24(22,23)18-11-16(19)8-9-17(18)20/h6-12,21H,2-5H2,1H3/t12-/m1/s1. The lowest BCUT2D eigenvalue weighted by molar-refractivity contribution is 0.566. The van der Waals surface area contributed by atoms with Gasteiger partial charge in [0.15, 0.2) is 0 Å². The number of nitrogens with one attached hydrogen (secondary N) is 1. The highest BCUT2D eigenvalue weighted by molar-refractivity contribution is 7.89. The first-order valence-corrected chi connectivity index (χ1v) is 10.2. The van der Waals surface area contributed by atoms with Crippen LogP contribution in [0.2, 0.25) is 10.0 Å². The minimum absolute atomic E-state index is 0.00137. The fraction of sp³-hybridized carbons (Fsp3) is 0.333. The van der Waals surface area contributed by atoms with Crippen molar-refractivity contribution in [3.05, 3.63) is 63.1 Å². The number of aryl methyl sites for hydroxylation is 2. The molecule has 1 atom stereocenters. The first-order valence-electron chi connectivity index (χ1n) is 7.96. The number of rotatable bonds is 4. The zero-order valence-corrected chi connectivity index (χ0v) is 15.7. The molecule has 0 saturated heterocycles. The van der Waals surface area contributed by atoms with E-state index < -0.39 is 10.0 Å². The third-order valence-electron chi connectivity index (χ3n) is 4.39. The molecule has 128 valence electrons. The van der Waals surface area contributed by atoms with Gasteiger partial charge in [0.1, 0.15) is 4.90 Å². The molecule has 0 unspecified atom stereocenters. The van der Waals surface area contributed by atoms with Crippen molar-refractivity contribution in [1.29, 1.82) is 0 Å². The van der Waals surface area contributed by atoms with Crippen LogP contribution in [-0.2, 0) is 22.9 Å². The maximum Gasteiger partial charge on any atom is 0.242 e. The minimum atomic E-state index is -3.75. The average Bonchev–Trinajstić information content (AvgIpc) is 2.56. The number of sulfonamides is 1. The summed E-state index contributed by atoms with van der Waals surface area (Å²) in [4.78, 5) is 0.00137. The summed E-state index contributed by atoms with van der Waals surface area (Å²) in [5.74, 6) is 0. The van der Waals surface area contributed by atoms with E-state index in [1.54, 1.807) is 6.07 Å². The predicted octanol–water partition coefficient (Wildman–Crippen LogP) is 4.91. The van der Waals surface area contributed by atoms with Gasteiger partial charge >= 0.3 is 0 Å². The van der Waals surface area contributed by atoms with Gasteiger partial charge in [0, 0.05) is 11.1 Å². The van der Waals surface area contributed by atoms with Crippen LogP contribution in [0.5, 0.6) is 0 Å². The molecule has 1 aliphatic rings. The molecule has 0 saturated carbocycles. The second-order valence-electron chi connectivity index (χ2n) is 6.15. The van der Waals surface area contributed by atoms with Crippen LogP contribution in [0.15, 0.2) is 41.3 Å². The topological polar surface area (TPSA) is 46.2 Å². The molecule has 0 bridgehead atoms. The van der Waals surface area contributed by atoms with E-state index in [-0.39, 0.29) is 16.0 Å². The molecule has 0 aliphatic heterocycles. The molecule has 0 aromatic heterocycles. The molecule has 0 spiro atoms. The first-order chi connectivity index (χ1) is 11.4. The second kappa shape index (κ2) is 7.04. The van der Waals surface area contributed by atoms with Gasteiger partial charge in [-0.05, 0) is 67.5 Å². The Morgan fingerprint density at radius 3 is 2.46 bits per heavy atom. The van der Waals surface area contributed by atoms with E-state index in [1.807, 2.05) is 13.0 Å². The van der Waals surface area contributed by atoms with E-state index >= 15 is 0 Å². The fourth-order valence-electron chi connectivity index (χ4n) is 3.07. The maximum absolute atomic E-state index is 12.6. The molecule has 1 aliphatic carbocycles. The quantitative estimate of drug-likeness (QED) is 0.814. The van der Waals surface area contributed by atoms with Gasteiger partial charge in [-0.2, -0.15) is 0 Å². The van der Waals surface area contributed by atoms with Crippen molar-refractivity contribution >= 4 is 33.2 Å². The van der Waals surface area contributed by atoms with E-state index in [0.717, 1.165) is 18.4 Å². The molecule has 0 radical (unpaired) electrons. The molecule has 3 rings (SSSR count). The summed E-state index contributed by atoms with van der Waals surface area (Å²) >= 11 is 11.9. The number of halogens is 2. The number of hydrogen-bond donors (Lipinski definition) is 1. The van der Waals surface area contributed by atoms with Gasteiger partial charge in [0.25, 0.3) is 0 Å². The summed E-state index contributed by atoms with van der Waals surface area (Å²) in [6.45, 7) is 1.83. The van der Waals surface area contributed by atoms with Gasteiger partial charge in [-0.15, -0.1) is 0 Å². The molecule has 3 nitrogen and oxygen atoms in total. The van der Waals surface area contributed by atoms with E-state index in [1.165, 1.54) is 36.1 Å². The van der Waals surface area contributed by atoms with Gasteiger partial charge in [0.05, 0.1) is 5.02 Å². The van der Waals surface area contributed by atoms with Crippen LogP contribution in [0.1, 0.15) is 42.5 Å². The second-order valence-corrected chi connectivity index (χ2v) is 8.68. The summed E-state index contributed by atoms with van der Waals surface area (Å²) in [6.07, 6.45) is 4.58. The smallest absolute Gasteiger partial charge is 0.207 e. The van der Waals surface area contributed by atoms with Crippen LogP contribution >= 0.6 is 23.2 Å². The van der Waals surface area contributed by atoms with Crippen molar-refractivity contribution in [2.75, 3.05) is 0 Å². The van der Waals surface area contributed by atoms with Gasteiger partial charge in [0.2, 0.25) is 10.0 Å². The van der Waals surface area contributed by atoms with E-state index in [0.29, 0.717) is 5.02 Å². The number of benzene rings is 2. The normalized spacial score (nSPS) is 15.8. The summed E-state index contributed by atoms with van der Waals surface area (Å²) in [5, 5.41) is 0.491. The molecular weight excluding hydrogens is 365 g/mol. The Labute approximate surface area is 153 Å². The lowest BCUT2D eigenvalue weighted by atomic mass is 9.89. The molecule has 2 aromatic rings. The van der Waals surface area contributed by atoms with Crippen molar-refractivity contribution < 1.29 is 8.42 Å². The highest BCUT2D eigenvalue weighted by atomic mass is 35.5. The summed E-state index contributed by atoms with van der Waals surface area (Å²) in [7, 11) is -3.75. The third-order valence-corrected chi connectivity index (χ3v) is 6.64. The van der Waals surface area contributed by atoms with Crippen molar-refractivity contribution in [3.8, 4) is 0 Å². The Kier molecular flexibility index (Phi) is 5.21. The van der Waals surface area contributed by atoms with Crippen molar-refractivity contribution in [2.45, 2.75) is 43.5 Å². The van der Waals surface area contributed by atoms with Crippen molar-refractivity contribution in [1.82, 2.24) is 4.72 Å². The SMILES string of the molecule is C[C@@H](NS(=O)(=O)c1cc(Cl)ccc1Cl)c1ccc2c(c1)CCCC2. The number of fused-ring (bicyclic) bond motifs is 1. The van der Waals surface area contributed by atoms with Gasteiger partial charge in [-0.25, -0.2) is 13.1 Å². The predicted molar refractivity (Wildman–Crippen MR) is 98.3 cm³/mol. The first kappa shape index (κ1) is 17.7. The van der Waals surface area contributed by atoms with Gasteiger partial charge in [-0.3, -0.25) is 0 Å². The summed E-state index contributed by atoms with van der Waals surface area (Å²) in [5.41, 5.74) is 3.65. The molecule has 0 amide bonds. The Hall–Kier alpha value is -1.07. The zero-order valence-electron chi connectivity index (χ0n) is 13.4. The Morgan fingerprint density at radius 2 is 1.71 bits per heavy atom. The van der Waals surface area contributed by atoms with E-state index in [9.17, 15) is 8.42 Å². The molecule has 0 heterocycles. The maximum atomic E-state index is 12.6. The molecule has 6 heteroatoms. The van der Waals surface area contributed by atoms with Crippen LogP contribution in [0, 0.1) is 0 Å². The van der Waals surface area contributed by atoms with Crippen LogP contribution in [0.3, 0.4) is 0 Å². The van der Waals surface area contributed by atoms with Crippen LogP contribution in [0.25, 0.3) is 0 Å². The molecular formula is C18H19Cl2NO2S. The minimum Gasteiger partial charge on any atom is -0.207 e. The van der Waals surface area contributed by atoms with Crippen LogP contribution < -0.4 is 4.72 Å². The van der Waals surface area contributed by atoms with Gasteiger partial charge in [-0.1, -0.05) is 41.4 Å². The van der Waals surface area contributed by atoms with E-state index in [4.69, 9.17) is 23.2 Å². The Bertz CT molecular complexity index is 865. The lowest BCUT2D eigenvalue weighted by Gasteiger charge is -2.20. The molecule has 24 heavy (non-hydrogen) atoms. The molecule has 1 N–H and O–H groups in total. The fourth-order valence-corrected chi connectivity index (χ4v) is 5.06. The highest BCUT2D eigenvalue weighted by Crippen LogP contribution is 2.28. The van der Waals surface area contributed by atoms with E-state index in [2.05, 4.69) is 16.9 Å². The van der Waals surface area contributed by atoms with Crippen LogP contribution in [-0.4, -0.2) is 8.42 Å². The number of hydrogen-bond acceptors (Lipinski definition) is 2. The van der Waals surface area contributed by atoms with Crippen molar-refractivity contribution in [2.24, 2.45) is 0 Å². The van der Waals surface area contributed by atoms with Crippen LogP contribution in [0.4, 0.5) is 0 Å². The van der Waals surface area contributed by atoms with Crippen molar-refractivity contribution in [3.63, 3.8) is 0 Å². The molecule has 0 fully saturated rings. The van der Waals surface area contributed by atoms with Gasteiger partial charge < -0.3 is 0 Å². The highest BCUT2D eigenvalue weighted by Gasteiger charge is 2.22. The zero-order chi connectivity index (χ0) is 17.3. The summed E-state index contributed by atoms with van der Waals surface area (Å²) < 4.78 is 27.9. The Balaban J connectivity index is 1.86. The lowest BCUT2D eigenvalue weighted by Crippen LogP contribution is -2.27. The third kappa shape index (κ3) is 3.77. The summed E-state index contributed by atoms with van der Waals surface area (Å²) in [6, 6.07) is 10.3.